The van der Waals surface area contributed by atoms with Gasteiger partial charge in [0.05, 0.1) is 0 Å². The highest BCUT2D eigenvalue weighted by Gasteiger charge is 2.20. The fourth-order valence-corrected chi connectivity index (χ4v) is 2.24. The third-order valence-electron chi connectivity index (χ3n) is 2.87. The molecule has 0 atom stereocenters. The summed E-state index contributed by atoms with van der Waals surface area (Å²) in [5.41, 5.74) is 4.01. The standard InChI is InChI=1S/C14H19NO/c1-14(2,3)9-10-5-4-6-12-11(10)7-8-13(16)15-12/h4-6H,7-9H2,1-3H3,(H,15,16). The van der Waals surface area contributed by atoms with Gasteiger partial charge in [0.2, 0.25) is 5.91 Å². The van der Waals surface area contributed by atoms with Gasteiger partial charge in [0.15, 0.2) is 0 Å². The Bertz CT molecular complexity index is 415. The van der Waals surface area contributed by atoms with E-state index in [2.05, 4.69) is 32.2 Å². The minimum Gasteiger partial charge on any atom is -0.326 e. The van der Waals surface area contributed by atoms with Crippen LogP contribution in [0.4, 0.5) is 5.69 Å². The molecule has 0 aliphatic carbocycles. The monoisotopic (exact) mass is 217 g/mol. The van der Waals surface area contributed by atoms with E-state index in [0.29, 0.717) is 6.42 Å². The summed E-state index contributed by atoms with van der Waals surface area (Å²) in [6.07, 6.45) is 2.56. The van der Waals surface area contributed by atoms with Crippen molar-refractivity contribution in [2.45, 2.75) is 40.0 Å². The first-order chi connectivity index (χ1) is 7.46. The maximum absolute atomic E-state index is 11.3. The summed E-state index contributed by atoms with van der Waals surface area (Å²) in [7, 11) is 0. The Balaban J connectivity index is 2.34. The Kier molecular flexibility index (Phi) is 2.75. The van der Waals surface area contributed by atoms with Crippen molar-refractivity contribution in [3.8, 4) is 0 Å². The Morgan fingerprint density at radius 1 is 1.25 bits per heavy atom. The van der Waals surface area contributed by atoms with E-state index in [1.807, 2.05) is 12.1 Å². The zero-order valence-corrected chi connectivity index (χ0v) is 10.3. The molecule has 1 amide bonds. The molecule has 2 heteroatoms. The quantitative estimate of drug-likeness (QED) is 0.769. The fraction of sp³-hybridized carbons (Fsp3) is 0.500. The molecular formula is C14H19NO. The highest BCUT2D eigenvalue weighted by molar-refractivity contribution is 5.94. The second kappa shape index (κ2) is 3.93. The fourth-order valence-electron chi connectivity index (χ4n) is 2.24. The third-order valence-corrected chi connectivity index (χ3v) is 2.87. The van der Waals surface area contributed by atoms with Gasteiger partial charge >= 0.3 is 0 Å². The van der Waals surface area contributed by atoms with E-state index < -0.39 is 0 Å². The van der Waals surface area contributed by atoms with E-state index in [4.69, 9.17) is 0 Å². The first-order valence-corrected chi connectivity index (χ1v) is 5.86. The number of anilines is 1. The molecule has 86 valence electrons. The lowest BCUT2D eigenvalue weighted by atomic mass is 9.84. The molecule has 16 heavy (non-hydrogen) atoms. The van der Waals surface area contributed by atoms with E-state index in [9.17, 15) is 4.79 Å². The first-order valence-electron chi connectivity index (χ1n) is 5.86. The minimum atomic E-state index is 0.139. The van der Waals surface area contributed by atoms with Crippen molar-refractivity contribution in [3.05, 3.63) is 29.3 Å². The van der Waals surface area contributed by atoms with Crippen molar-refractivity contribution >= 4 is 11.6 Å². The van der Waals surface area contributed by atoms with Gasteiger partial charge in [0.1, 0.15) is 0 Å². The Morgan fingerprint density at radius 3 is 2.69 bits per heavy atom. The van der Waals surface area contributed by atoms with Gasteiger partial charge < -0.3 is 5.32 Å². The molecule has 1 aromatic rings. The van der Waals surface area contributed by atoms with Crippen LogP contribution in [0.1, 0.15) is 38.3 Å². The molecule has 2 rings (SSSR count). The van der Waals surface area contributed by atoms with Crippen molar-refractivity contribution in [1.82, 2.24) is 0 Å². The van der Waals surface area contributed by atoms with E-state index in [1.54, 1.807) is 0 Å². The van der Waals surface area contributed by atoms with Crippen LogP contribution in [0.2, 0.25) is 0 Å². The number of carbonyl (C=O) groups excluding carboxylic acids is 1. The maximum Gasteiger partial charge on any atom is 0.224 e. The van der Waals surface area contributed by atoms with E-state index >= 15 is 0 Å². The molecule has 2 nitrogen and oxygen atoms in total. The summed E-state index contributed by atoms with van der Waals surface area (Å²) in [6.45, 7) is 6.73. The molecule has 0 bridgehead atoms. The minimum absolute atomic E-state index is 0.139. The number of amides is 1. The second-order valence-corrected chi connectivity index (χ2v) is 5.73. The lowest BCUT2D eigenvalue weighted by molar-refractivity contribution is -0.116. The van der Waals surface area contributed by atoms with Crippen LogP contribution in [0.25, 0.3) is 0 Å². The van der Waals surface area contributed by atoms with Crippen LogP contribution in [-0.2, 0) is 17.6 Å². The van der Waals surface area contributed by atoms with Crippen LogP contribution in [-0.4, -0.2) is 5.91 Å². The number of nitrogens with one attached hydrogen (secondary N) is 1. The Labute approximate surface area is 97.1 Å². The average Bonchev–Trinajstić information content (AvgIpc) is 2.15. The number of carbonyl (C=O) groups is 1. The lowest BCUT2D eigenvalue weighted by Crippen LogP contribution is -2.21. The van der Waals surface area contributed by atoms with Crippen LogP contribution in [0.3, 0.4) is 0 Å². The molecule has 1 aliphatic heterocycles. The first kappa shape index (κ1) is 11.2. The van der Waals surface area contributed by atoms with Crippen molar-refractivity contribution in [3.63, 3.8) is 0 Å². The molecule has 0 spiro atoms. The largest absolute Gasteiger partial charge is 0.326 e. The summed E-state index contributed by atoms with van der Waals surface area (Å²) >= 11 is 0. The molecular weight excluding hydrogens is 198 g/mol. The average molecular weight is 217 g/mol. The Morgan fingerprint density at radius 2 is 2.00 bits per heavy atom. The van der Waals surface area contributed by atoms with Crippen molar-refractivity contribution in [1.29, 1.82) is 0 Å². The highest BCUT2D eigenvalue weighted by atomic mass is 16.1. The summed E-state index contributed by atoms with van der Waals surface area (Å²) in [5, 5.41) is 2.95. The molecule has 1 aliphatic rings. The van der Waals surface area contributed by atoms with Crippen molar-refractivity contribution in [2.24, 2.45) is 5.41 Å². The molecule has 0 aromatic heterocycles. The van der Waals surface area contributed by atoms with Gasteiger partial charge in [-0.15, -0.1) is 0 Å². The Hall–Kier alpha value is -1.31. The number of rotatable bonds is 1. The van der Waals surface area contributed by atoms with E-state index in [0.717, 1.165) is 18.5 Å². The number of hydrogen-bond acceptors (Lipinski definition) is 1. The van der Waals surface area contributed by atoms with Gasteiger partial charge in [-0.1, -0.05) is 32.9 Å². The van der Waals surface area contributed by atoms with Crippen molar-refractivity contribution < 1.29 is 4.79 Å². The van der Waals surface area contributed by atoms with E-state index in [1.165, 1.54) is 11.1 Å². The second-order valence-electron chi connectivity index (χ2n) is 5.73. The molecule has 0 radical (unpaired) electrons. The van der Waals surface area contributed by atoms with E-state index in [-0.39, 0.29) is 11.3 Å². The topological polar surface area (TPSA) is 29.1 Å². The molecule has 0 fully saturated rings. The van der Waals surface area contributed by atoms with Gasteiger partial charge in [-0.05, 0) is 35.4 Å². The lowest BCUT2D eigenvalue weighted by Gasteiger charge is -2.24. The van der Waals surface area contributed by atoms with Gasteiger partial charge in [-0.2, -0.15) is 0 Å². The number of hydrogen-bond donors (Lipinski definition) is 1. The zero-order chi connectivity index (χ0) is 11.8. The predicted octanol–water partition coefficient (Wildman–Crippen LogP) is 3.16. The molecule has 0 unspecified atom stereocenters. The zero-order valence-electron chi connectivity index (χ0n) is 10.3. The van der Waals surface area contributed by atoms with Gasteiger partial charge in [0.25, 0.3) is 0 Å². The summed E-state index contributed by atoms with van der Waals surface area (Å²) in [5.74, 6) is 0.139. The van der Waals surface area contributed by atoms with Crippen LogP contribution in [0.5, 0.6) is 0 Å². The smallest absolute Gasteiger partial charge is 0.224 e. The maximum atomic E-state index is 11.3. The number of benzene rings is 1. The molecule has 1 aromatic carbocycles. The highest BCUT2D eigenvalue weighted by Crippen LogP contribution is 2.30. The van der Waals surface area contributed by atoms with Crippen LogP contribution >= 0.6 is 0 Å². The third kappa shape index (κ3) is 2.43. The van der Waals surface area contributed by atoms with Crippen LogP contribution < -0.4 is 5.32 Å². The van der Waals surface area contributed by atoms with Crippen LogP contribution in [0, 0.1) is 5.41 Å². The van der Waals surface area contributed by atoms with Crippen LogP contribution in [0.15, 0.2) is 18.2 Å². The summed E-state index contributed by atoms with van der Waals surface area (Å²) in [4.78, 5) is 11.3. The normalized spacial score (nSPS) is 15.6. The molecule has 1 N–H and O–H groups in total. The summed E-state index contributed by atoms with van der Waals surface area (Å²) < 4.78 is 0. The molecule has 1 heterocycles. The van der Waals surface area contributed by atoms with Gasteiger partial charge in [-0.3, -0.25) is 4.79 Å². The summed E-state index contributed by atoms with van der Waals surface area (Å²) in [6, 6.07) is 6.21. The van der Waals surface area contributed by atoms with Gasteiger partial charge in [-0.25, -0.2) is 0 Å². The number of fused-ring (bicyclic) bond motifs is 1. The van der Waals surface area contributed by atoms with Gasteiger partial charge in [0, 0.05) is 12.1 Å². The SMILES string of the molecule is CC(C)(C)Cc1cccc2c1CCC(=O)N2. The predicted molar refractivity (Wildman–Crippen MR) is 66.6 cm³/mol. The van der Waals surface area contributed by atoms with Crippen molar-refractivity contribution in [2.75, 3.05) is 5.32 Å². The molecule has 0 saturated carbocycles. The molecule has 0 saturated heterocycles.